The third kappa shape index (κ3) is 2.25. The van der Waals surface area contributed by atoms with E-state index in [1.54, 1.807) is 30.3 Å². The first-order chi connectivity index (χ1) is 9.26. The number of hydrogen-bond acceptors (Lipinski definition) is 4. The second kappa shape index (κ2) is 4.65. The van der Waals surface area contributed by atoms with Crippen molar-refractivity contribution in [3.8, 4) is 5.69 Å². The molecular formula is C13H7ClN4O. The number of rotatable bonds is 2. The van der Waals surface area contributed by atoms with Crippen molar-refractivity contribution in [2.75, 3.05) is 0 Å². The summed E-state index contributed by atoms with van der Waals surface area (Å²) >= 11 is 5.83. The van der Waals surface area contributed by atoms with Crippen LogP contribution in [-0.2, 0) is 4.79 Å². The molecule has 0 bridgehead atoms. The van der Waals surface area contributed by atoms with E-state index in [0.717, 1.165) is 11.2 Å². The normalized spacial score (nSPS) is 10.4. The highest BCUT2D eigenvalue weighted by molar-refractivity contribution is 6.30. The molecule has 1 heterocycles. The van der Waals surface area contributed by atoms with E-state index >= 15 is 0 Å². The predicted octanol–water partition coefficient (Wildman–Crippen LogP) is 3.04. The van der Waals surface area contributed by atoms with Gasteiger partial charge >= 0.3 is 0 Å². The average molecular weight is 271 g/mol. The molecule has 1 aromatic heterocycles. The SMILES string of the molecule is O=C=Nc1ccc2nn(-c3ccc(Cl)cc3)nc2c1. The van der Waals surface area contributed by atoms with Crippen LogP contribution < -0.4 is 0 Å². The van der Waals surface area contributed by atoms with Crippen LogP contribution in [-0.4, -0.2) is 21.1 Å². The van der Waals surface area contributed by atoms with Gasteiger partial charge in [0, 0.05) is 5.02 Å². The third-order valence-corrected chi connectivity index (χ3v) is 2.85. The van der Waals surface area contributed by atoms with Gasteiger partial charge in [-0.3, -0.25) is 0 Å². The van der Waals surface area contributed by atoms with E-state index in [1.165, 1.54) is 10.9 Å². The minimum absolute atomic E-state index is 0.505. The Morgan fingerprint density at radius 3 is 2.53 bits per heavy atom. The second-order valence-corrected chi connectivity index (χ2v) is 4.28. The fraction of sp³-hybridized carbons (Fsp3) is 0. The first-order valence-electron chi connectivity index (χ1n) is 5.47. The Kier molecular flexibility index (Phi) is 2.83. The lowest BCUT2D eigenvalue weighted by Crippen LogP contribution is -1.97. The van der Waals surface area contributed by atoms with Crippen molar-refractivity contribution in [1.29, 1.82) is 0 Å². The number of aliphatic imine (C=N–C) groups is 1. The van der Waals surface area contributed by atoms with E-state index in [1.807, 2.05) is 12.1 Å². The molecular weight excluding hydrogens is 264 g/mol. The molecule has 0 aliphatic heterocycles. The van der Waals surface area contributed by atoms with Crippen LogP contribution in [0.3, 0.4) is 0 Å². The van der Waals surface area contributed by atoms with E-state index < -0.39 is 0 Å². The molecule has 0 aliphatic carbocycles. The van der Waals surface area contributed by atoms with Crippen LogP contribution >= 0.6 is 11.6 Å². The Morgan fingerprint density at radius 2 is 1.79 bits per heavy atom. The first-order valence-corrected chi connectivity index (χ1v) is 5.85. The highest BCUT2D eigenvalue weighted by Crippen LogP contribution is 2.19. The highest BCUT2D eigenvalue weighted by Gasteiger charge is 2.05. The van der Waals surface area contributed by atoms with Crippen LogP contribution in [0.2, 0.25) is 5.02 Å². The molecule has 0 aliphatic rings. The second-order valence-electron chi connectivity index (χ2n) is 3.84. The Morgan fingerprint density at radius 1 is 1.05 bits per heavy atom. The molecule has 0 atom stereocenters. The number of fused-ring (bicyclic) bond motifs is 1. The van der Waals surface area contributed by atoms with Crippen molar-refractivity contribution in [1.82, 2.24) is 15.0 Å². The molecule has 5 nitrogen and oxygen atoms in total. The fourth-order valence-electron chi connectivity index (χ4n) is 1.72. The molecule has 3 aromatic rings. The minimum Gasteiger partial charge on any atom is -0.211 e. The zero-order chi connectivity index (χ0) is 13.2. The molecule has 3 rings (SSSR count). The van der Waals surface area contributed by atoms with E-state index in [9.17, 15) is 4.79 Å². The quantitative estimate of drug-likeness (QED) is 0.531. The molecule has 6 heteroatoms. The predicted molar refractivity (Wildman–Crippen MR) is 71.7 cm³/mol. The van der Waals surface area contributed by atoms with Crippen LogP contribution in [0.15, 0.2) is 47.5 Å². The van der Waals surface area contributed by atoms with E-state index in [4.69, 9.17) is 11.6 Å². The maximum Gasteiger partial charge on any atom is 0.240 e. The van der Waals surface area contributed by atoms with Crippen molar-refractivity contribution in [3.63, 3.8) is 0 Å². The molecule has 0 N–H and O–H groups in total. The Hall–Kier alpha value is -2.49. The molecule has 2 aromatic carbocycles. The van der Waals surface area contributed by atoms with Gasteiger partial charge in [0.25, 0.3) is 0 Å². The van der Waals surface area contributed by atoms with Crippen LogP contribution in [0.5, 0.6) is 0 Å². The third-order valence-electron chi connectivity index (χ3n) is 2.60. The number of carbonyl (C=O) groups excluding carboxylic acids is 1. The maximum absolute atomic E-state index is 10.2. The number of nitrogens with zero attached hydrogens (tertiary/aromatic N) is 4. The number of halogens is 1. The zero-order valence-electron chi connectivity index (χ0n) is 9.62. The summed E-state index contributed by atoms with van der Waals surface area (Å²) < 4.78 is 0. The summed E-state index contributed by atoms with van der Waals surface area (Å²) in [4.78, 5) is 15.3. The van der Waals surface area contributed by atoms with Gasteiger partial charge in [-0.05, 0) is 42.5 Å². The number of hydrogen-bond donors (Lipinski definition) is 0. The molecule has 19 heavy (non-hydrogen) atoms. The van der Waals surface area contributed by atoms with Gasteiger partial charge in [-0.1, -0.05) is 11.6 Å². The van der Waals surface area contributed by atoms with Crippen molar-refractivity contribution < 1.29 is 4.79 Å². The summed E-state index contributed by atoms with van der Waals surface area (Å²) in [6, 6.07) is 12.3. The van der Waals surface area contributed by atoms with Crippen molar-refractivity contribution in [2.45, 2.75) is 0 Å². The van der Waals surface area contributed by atoms with Gasteiger partial charge in [-0.15, -0.1) is 10.2 Å². The van der Waals surface area contributed by atoms with Crippen LogP contribution in [0.25, 0.3) is 16.7 Å². The van der Waals surface area contributed by atoms with Crippen molar-refractivity contribution >= 4 is 34.4 Å². The molecule has 0 saturated carbocycles. The lowest BCUT2D eigenvalue weighted by molar-refractivity contribution is 0.565. The number of isocyanates is 1. The fourth-order valence-corrected chi connectivity index (χ4v) is 1.84. The molecule has 0 unspecified atom stereocenters. The average Bonchev–Trinajstić information content (AvgIpc) is 2.83. The lowest BCUT2D eigenvalue weighted by atomic mass is 10.3. The monoisotopic (exact) mass is 270 g/mol. The summed E-state index contributed by atoms with van der Waals surface area (Å²) in [5.74, 6) is 0. The molecule has 92 valence electrons. The summed E-state index contributed by atoms with van der Waals surface area (Å²) in [5, 5.41) is 9.32. The van der Waals surface area contributed by atoms with Gasteiger partial charge < -0.3 is 0 Å². The molecule has 0 saturated heterocycles. The van der Waals surface area contributed by atoms with Crippen molar-refractivity contribution in [3.05, 3.63) is 47.5 Å². The van der Waals surface area contributed by atoms with Gasteiger partial charge in [0.1, 0.15) is 11.0 Å². The summed E-state index contributed by atoms with van der Waals surface area (Å²) in [5.41, 5.74) is 2.69. The van der Waals surface area contributed by atoms with Gasteiger partial charge in [0.2, 0.25) is 6.08 Å². The topological polar surface area (TPSA) is 60.1 Å². The number of benzene rings is 2. The summed E-state index contributed by atoms with van der Waals surface area (Å²) in [6.07, 6.45) is 1.50. The van der Waals surface area contributed by atoms with Crippen LogP contribution in [0, 0.1) is 0 Å². The maximum atomic E-state index is 10.2. The van der Waals surface area contributed by atoms with Gasteiger partial charge in [0.05, 0.1) is 11.4 Å². The van der Waals surface area contributed by atoms with Crippen LogP contribution in [0.1, 0.15) is 0 Å². The molecule has 0 fully saturated rings. The standard InChI is InChI=1S/C13H7ClN4O/c14-9-1-4-11(5-2-9)18-16-12-6-3-10(15-8-19)7-13(12)17-18/h1-7H. The molecule has 0 radical (unpaired) electrons. The van der Waals surface area contributed by atoms with Gasteiger partial charge in [0.15, 0.2) is 0 Å². The minimum atomic E-state index is 0.505. The largest absolute Gasteiger partial charge is 0.240 e. The van der Waals surface area contributed by atoms with Crippen LogP contribution in [0.4, 0.5) is 5.69 Å². The van der Waals surface area contributed by atoms with Gasteiger partial charge in [-0.25, -0.2) is 4.79 Å². The Balaban J connectivity index is 2.10. The zero-order valence-corrected chi connectivity index (χ0v) is 10.4. The molecule has 0 spiro atoms. The molecule has 0 amide bonds. The van der Waals surface area contributed by atoms with Gasteiger partial charge in [-0.2, -0.15) is 9.79 Å². The van der Waals surface area contributed by atoms with Crippen molar-refractivity contribution in [2.24, 2.45) is 4.99 Å². The highest BCUT2D eigenvalue weighted by atomic mass is 35.5. The smallest absolute Gasteiger partial charge is 0.211 e. The lowest BCUT2D eigenvalue weighted by Gasteiger charge is -1.97. The Labute approximate surface area is 113 Å². The number of aromatic nitrogens is 3. The first kappa shape index (κ1) is 11.6. The summed E-state index contributed by atoms with van der Waals surface area (Å²) in [7, 11) is 0. The summed E-state index contributed by atoms with van der Waals surface area (Å²) in [6.45, 7) is 0. The van der Waals surface area contributed by atoms with E-state index in [-0.39, 0.29) is 0 Å². The van der Waals surface area contributed by atoms with E-state index in [0.29, 0.717) is 16.2 Å². The van der Waals surface area contributed by atoms with E-state index in [2.05, 4.69) is 15.2 Å². The Bertz CT molecular complexity index is 788.